The molecule has 2 aromatic rings. The van der Waals surface area contributed by atoms with Crippen LogP contribution in [0, 0.1) is 13.8 Å². The van der Waals surface area contributed by atoms with Crippen molar-refractivity contribution >= 4 is 23.8 Å². The van der Waals surface area contributed by atoms with Crippen LogP contribution >= 0.6 is 11.6 Å². The minimum absolute atomic E-state index is 0.0775. The number of hydrazone groups is 1. The normalized spacial score (nSPS) is 10.9. The maximum Gasteiger partial charge on any atom is 0.243 e. The lowest BCUT2D eigenvalue weighted by Gasteiger charge is -2.08. The van der Waals surface area contributed by atoms with E-state index in [0.717, 1.165) is 11.4 Å². The van der Waals surface area contributed by atoms with Gasteiger partial charge in [0.15, 0.2) is 11.5 Å². The van der Waals surface area contributed by atoms with Gasteiger partial charge >= 0.3 is 0 Å². The van der Waals surface area contributed by atoms with Gasteiger partial charge in [-0.25, -0.2) is 15.4 Å². The second kappa shape index (κ2) is 7.09. The van der Waals surface area contributed by atoms with Crippen LogP contribution in [-0.4, -0.2) is 27.9 Å². The van der Waals surface area contributed by atoms with E-state index in [9.17, 15) is 5.11 Å². The number of anilines is 1. The van der Waals surface area contributed by atoms with Gasteiger partial charge in [-0.3, -0.25) is 0 Å². The van der Waals surface area contributed by atoms with Crippen molar-refractivity contribution in [2.45, 2.75) is 20.8 Å². The standard InChI is InChI=1S/C15H17ClN4O2/c1-4-22-13-7-11(6-12(16)14(13)21)8-17-20-15-18-9(2)5-10(3)19-15/h5-8,21H,4H2,1-3H3,(H,18,19,20)/b17-8+. The number of rotatable bonds is 5. The average Bonchev–Trinajstić information content (AvgIpc) is 2.43. The largest absolute Gasteiger partial charge is 0.503 e. The Balaban J connectivity index is 2.16. The van der Waals surface area contributed by atoms with Gasteiger partial charge in [0.25, 0.3) is 0 Å². The summed E-state index contributed by atoms with van der Waals surface area (Å²) in [7, 11) is 0. The van der Waals surface area contributed by atoms with Gasteiger partial charge in [0, 0.05) is 11.4 Å². The van der Waals surface area contributed by atoms with E-state index >= 15 is 0 Å². The first-order valence-corrected chi connectivity index (χ1v) is 7.14. The second-order valence-electron chi connectivity index (χ2n) is 4.63. The fraction of sp³-hybridized carbons (Fsp3) is 0.267. The lowest BCUT2D eigenvalue weighted by molar-refractivity contribution is 0.318. The minimum Gasteiger partial charge on any atom is -0.503 e. The number of ether oxygens (including phenoxy) is 1. The van der Waals surface area contributed by atoms with Crippen LogP contribution in [0.4, 0.5) is 5.95 Å². The van der Waals surface area contributed by atoms with Crippen molar-refractivity contribution in [3.8, 4) is 11.5 Å². The van der Waals surface area contributed by atoms with Crippen molar-refractivity contribution in [2.75, 3.05) is 12.0 Å². The zero-order valence-corrected chi connectivity index (χ0v) is 13.3. The molecule has 0 radical (unpaired) electrons. The molecule has 1 aromatic heterocycles. The lowest BCUT2D eigenvalue weighted by Crippen LogP contribution is -2.00. The fourth-order valence-corrected chi connectivity index (χ4v) is 2.09. The Morgan fingerprint density at radius 3 is 2.59 bits per heavy atom. The zero-order chi connectivity index (χ0) is 16.1. The molecular formula is C15H17ClN4O2. The molecule has 116 valence electrons. The second-order valence-corrected chi connectivity index (χ2v) is 5.03. The Labute approximate surface area is 133 Å². The molecule has 0 fully saturated rings. The Morgan fingerprint density at radius 1 is 1.27 bits per heavy atom. The molecule has 0 amide bonds. The highest BCUT2D eigenvalue weighted by Gasteiger charge is 2.08. The third kappa shape index (κ3) is 4.08. The molecule has 0 aliphatic carbocycles. The number of aromatic hydroxyl groups is 1. The predicted octanol–water partition coefficient (Wildman–Crippen LogP) is 3.30. The number of aryl methyl sites for hydroxylation is 2. The van der Waals surface area contributed by atoms with Gasteiger partial charge in [-0.2, -0.15) is 5.10 Å². The van der Waals surface area contributed by atoms with Gasteiger partial charge in [0.05, 0.1) is 17.8 Å². The molecule has 7 heteroatoms. The molecule has 0 atom stereocenters. The van der Waals surface area contributed by atoms with Crippen LogP contribution in [0.15, 0.2) is 23.3 Å². The number of aromatic nitrogens is 2. The Hall–Kier alpha value is -2.34. The first-order valence-electron chi connectivity index (χ1n) is 6.76. The van der Waals surface area contributed by atoms with E-state index in [1.54, 1.807) is 18.3 Å². The number of nitrogens with one attached hydrogen (secondary N) is 1. The van der Waals surface area contributed by atoms with Crippen molar-refractivity contribution in [2.24, 2.45) is 5.10 Å². The summed E-state index contributed by atoms with van der Waals surface area (Å²) in [6, 6.07) is 5.12. The highest BCUT2D eigenvalue weighted by molar-refractivity contribution is 6.32. The smallest absolute Gasteiger partial charge is 0.243 e. The van der Waals surface area contributed by atoms with Crippen LogP contribution in [-0.2, 0) is 0 Å². The Kier molecular flexibility index (Phi) is 5.16. The van der Waals surface area contributed by atoms with E-state index in [0.29, 0.717) is 23.9 Å². The van der Waals surface area contributed by atoms with E-state index in [-0.39, 0.29) is 10.8 Å². The number of hydrogen-bond donors (Lipinski definition) is 2. The van der Waals surface area contributed by atoms with Crippen LogP contribution in [0.25, 0.3) is 0 Å². The highest BCUT2D eigenvalue weighted by atomic mass is 35.5. The Morgan fingerprint density at radius 2 is 1.95 bits per heavy atom. The van der Waals surface area contributed by atoms with Gasteiger partial charge in [-0.1, -0.05) is 11.6 Å². The molecule has 1 aromatic carbocycles. The molecule has 0 aliphatic rings. The summed E-state index contributed by atoms with van der Waals surface area (Å²) in [6.45, 7) is 6.03. The first-order chi connectivity index (χ1) is 10.5. The quantitative estimate of drug-likeness (QED) is 0.652. The van der Waals surface area contributed by atoms with E-state index in [4.69, 9.17) is 16.3 Å². The summed E-state index contributed by atoms with van der Waals surface area (Å²) in [5, 5.41) is 14.1. The molecule has 2 N–H and O–H groups in total. The summed E-state index contributed by atoms with van der Waals surface area (Å²) < 4.78 is 5.31. The van der Waals surface area contributed by atoms with Crippen LogP contribution < -0.4 is 10.2 Å². The van der Waals surface area contributed by atoms with E-state index in [2.05, 4.69) is 20.5 Å². The lowest BCUT2D eigenvalue weighted by atomic mass is 10.2. The van der Waals surface area contributed by atoms with Crippen molar-refractivity contribution in [3.63, 3.8) is 0 Å². The minimum atomic E-state index is -0.0775. The maximum absolute atomic E-state index is 9.78. The van der Waals surface area contributed by atoms with Crippen LogP contribution in [0.2, 0.25) is 5.02 Å². The molecule has 0 spiro atoms. The number of hydrogen-bond acceptors (Lipinski definition) is 6. The fourth-order valence-electron chi connectivity index (χ4n) is 1.87. The van der Waals surface area contributed by atoms with Crippen molar-refractivity contribution < 1.29 is 9.84 Å². The summed E-state index contributed by atoms with van der Waals surface area (Å²) in [4.78, 5) is 8.43. The molecular weight excluding hydrogens is 304 g/mol. The third-order valence-corrected chi connectivity index (χ3v) is 3.00. The molecule has 0 aliphatic heterocycles. The van der Waals surface area contributed by atoms with Crippen molar-refractivity contribution in [3.05, 3.63) is 40.2 Å². The topological polar surface area (TPSA) is 79.6 Å². The van der Waals surface area contributed by atoms with Gasteiger partial charge in [-0.05, 0) is 44.5 Å². The van der Waals surface area contributed by atoms with E-state index in [1.807, 2.05) is 26.8 Å². The zero-order valence-electron chi connectivity index (χ0n) is 12.6. The third-order valence-electron chi connectivity index (χ3n) is 2.71. The van der Waals surface area contributed by atoms with Crippen LogP contribution in [0.5, 0.6) is 11.5 Å². The van der Waals surface area contributed by atoms with Crippen LogP contribution in [0.1, 0.15) is 23.9 Å². The van der Waals surface area contributed by atoms with Crippen LogP contribution in [0.3, 0.4) is 0 Å². The first kappa shape index (κ1) is 16.0. The highest BCUT2D eigenvalue weighted by Crippen LogP contribution is 2.34. The number of benzene rings is 1. The van der Waals surface area contributed by atoms with E-state index < -0.39 is 0 Å². The summed E-state index contributed by atoms with van der Waals surface area (Å²) >= 11 is 5.96. The Bertz CT molecular complexity index is 684. The van der Waals surface area contributed by atoms with Crippen molar-refractivity contribution in [1.82, 2.24) is 9.97 Å². The van der Waals surface area contributed by atoms with Gasteiger partial charge in [0.2, 0.25) is 5.95 Å². The number of halogens is 1. The molecule has 2 rings (SSSR count). The molecule has 6 nitrogen and oxygen atoms in total. The number of phenols is 1. The number of phenolic OH excluding ortho intramolecular Hbond substituents is 1. The SMILES string of the molecule is CCOc1cc(/C=N/Nc2nc(C)cc(C)n2)cc(Cl)c1O. The summed E-state index contributed by atoms with van der Waals surface area (Å²) in [5.74, 6) is 0.661. The monoisotopic (exact) mass is 320 g/mol. The summed E-state index contributed by atoms with van der Waals surface area (Å²) in [5.41, 5.74) is 5.16. The van der Waals surface area contributed by atoms with Gasteiger partial charge in [-0.15, -0.1) is 0 Å². The summed E-state index contributed by atoms with van der Waals surface area (Å²) in [6.07, 6.45) is 1.55. The molecule has 22 heavy (non-hydrogen) atoms. The van der Waals surface area contributed by atoms with Gasteiger partial charge in [0.1, 0.15) is 0 Å². The maximum atomic E-state index is 9.78. The number of nitrogens with zero attached hydrogens (tertiary/aromatic N) is 3. The molecule has 0 bridgehead atoms. The van der Waals surface area contributed by atoms with Crippen molar-refractivity contribution in [1.29, 1.82) is 0 Å². The molecule has 0 saturated heterocycles. The van der Waals surface area contributed by atoms with E-state index in [1.165, 1.54) is 0 Å². The predicted molar refractivity (Wildman–Crippen MR) is 87.0 cm³/mol. The van der Waals surface area contributed by atoms with Gasteiger partial charge < -0.3 is 9.84 Å². The molecule has 0 saturated carbocycles. The molecule has 0 unspecified atom stereocenters. The average molecular weight is 321 g/mol. The molecule has 1 heterocycles.